The van der Waals surface area contributed by atoms with Crippen LogP contribution < -0.4 is 16.5 Å². The van der Waals surface area contributed by atoms with E-state index < -0.39 is 47.0 Å². The van der Waals surface area contributed by atoms with Crippen LogP contribution in [0.15, 0.2) is 43.1 Å². The molecule has 2 atom stereocenters. The molecule has 0 aliphatic carbocycles. The van der Waals surface area contributed by atoms with Gasteiger partial charge in [0.15, 0.2) is 23.2 Å². The Morgan fingerprint density at radius 1 is 1.36 bits per heavy atom. The Balaban J connectivity index is 1.31. The van der Waals surface area contributed by atoms with Gasteiger partial charge in [-0.15, -0.1) is 40.0 Å². The van der Waals surface area contributed by atoms with Gasteiger partial charge in [-0.05, 0) is 24.0 Å². The zero-order valence-corrected chi connectivity index (χ0v) is 24.6. The van der Waals surface area contributed by atoms with Gasteiger partial charge < -0.3 is 31.3 Å². The lowest BCUT2D eigenvalue weighted by molar-refractivity contribution is -0.150. The van der Waals surface area contributed by atoms with Crippen LogP contribution in [-0.2, 0) is 25.8 Å². The number of hydrogen-bond acceptors (Lipinski definition) is 16. The van der Waals surface area contributed by atoms with Crippen molar-refractivity contribution in [3.63, 3.8) is 0 Å². The van der Waals surface area contributed by atoms with Crippen LogP contribution in [0.1, 0.15) is 17.1 Å². The summed E-state index contributed by atoms with van der Waals surface area (Å²) in [6.07, 6.45) is 0.775. The number of nitrogens with zero attached hydrogens (tertiary/aromatic N) is 6. The first kappa shape index (κ1) is 29.4. The van der Waals surface area contributed by atoms with E-state index in [0.717, 1.165) is 38.4 Å². The van der Waals surface area contributed by atoms with Gasteiger partial charge in [-0.3, -0.25) is 19.3 Å². The monoisotopic (exact) mass is 652 g/mol. The van der Waals surface area contributed by atoms with Gasteiger partial charge in [0.1, 0.15) is 32.7 Å². The van der Waals surface area contributed by atoms with Crippen molar-refractivity contribution in [1.29, 1.82) is 0 Å². The number of anilines is 1. The summed E-state index contributed by atoms with van der Waals surface area (Å²) < 4.78 is 5.19. The average molecular weight is 653 g/mol. The quantitative estimate of drug-likeness (QED) is 0.0657. The molecule has 0 saturated carbocycles. The molecule has 0 spiro atoms. The average Bonchev–Trinajstić information content (AvgIpc) is 3.57. The second kappa shape index (κ2) is 12.0. The zero-order valence-electron chi connectivity index (χ0n) is 21.3. The fraction of sp³-hybridized carbons (Fsp3) is 0.273. The highest BCUT2D eigenvalue weighted by Crippen LogP contribution is 2.42. The summed E-state index contributed by atoms with van der Waals surface area (Å²) in [7, 11) is 0. The molecular weight excluding hydrogens is 633 g/mol. The largest absolute Gasteiger partial charge is 0.503 e. The maximum atomic E-state index is 13.3. The van der Waals surface area contributed by atoms with Crippen molar-refractivity contribution in [3.8, 4) is 5.75 Å². The molecule has 5 heterocycles. The van der Waals surface area contributed by atoms with E-state index in [1.54, 1.807) is 6.92 Å². The predicted octanol–water partition coefficient (Wildman–Crippen LogP) is 0.442. The minimum Gasteiger partial charge on any atom is -0.503 e. The zero-order chi connectivity index (χ0) is 30.1. The molecule has 2 aliphatic heterocycles. The molecule has 0 aromatic carbocycles. The lowest BCUT2D eigenvalue weighted by atomic mass is 10.0. The molecule has 0 bridgehead atoms. The third kappa shape index (κ3) is 5.78. The van der Waals surface area contributed by atoms with E-state index in [1.807, 2.05) is 0 Å². The fourth-order valence-electron chi connectivity index (χ4n) is 3.94. The number of β-lactam (4-membered cyclic amide) rings is 1. The number of nitrogens with one attached hydrogen (secondary N) is 1. The van der Waals surface area contributed by atoms with Gasteiger partial charge in [-0.1, -0.05) is 9.64 Å². The number of oxime groups is 1. The summed E-state index contributed by atoms with van der Waals surface area (Å²) in [5.74, 6) is -2.73. The number of nitrogen functional groups attached to an aromatic ring is 1. The van der Waals surface area contributed by atoms with E-state index in [9.17, 15) is 34.6 Å². The molecule has 3 aromatic rings. The Morgan fingerprint density at radius 3 is 2.81 bits per heavy atom. The van der Waals surface area contributed by atoms with Crippen molar-refractivity contribution < 1.29 is 34.6 Å². The van der Waals surface area contributed by atoms with E-state index in [2.05, 4.69) is 25.0 Å². The number of pyridine rings is 1. The standard InChI is InChI=1S/C22H20N8O8S4/c1-8-21(42-28-26-8)40-6-9-5-39-19-15(18(34)30(19)16(9)20(35)36)25-17(33)14(11-7-41-22(23)24-11)27-38-4-10-2-12(31)13(32)3-29(10)37/h2-3,7,15,19,32,37H,4-6H2,1H3,(H2,23,24)(H,25,33)(H,35,36)/b27-14-/t15-,19-/m1/s1. The van der Waals surface area contributed by atoms with E-state index in [4.69, 9.17) is 10.6 Å². The van der Waals surface area contributed by atoms with Crippen LogP contribution in [0.3, 0.4) is 0 Å². The SMILES string of the molecule is Cc1nnsc1SCC1=C(C(=O)O)N2C(=O)[C@@H](NC(=O)/C(=N\OCc3cc(=O)c(O)cn3O)c3csc(N)n3)[C@H]2SC1. The number of aryl methyl sites for hydroxylation is 1. The first-order valence-corrected chi connectivity index (χ1v) is 15.4. The molecule has 42 heavy (non-hydrogen) atoms. The van der Waals surface area contributed by atoms with Gasteiger partial charge in [-0.2, -0.15) is 4.73 Å². The van der Waals surface area contributed by atoms with Crippen molar-refractivity contribution in [2.24, 2.45) is 5.16 Å². The van der Waals surface area contributed by atoms with E-state index in [-0.39, 0.29) is 27.9 Å². The fourth-order valence-corrected chi connectivity index (χ4v) is 7.65. The Morgan fingerprint density at radius 2 is 2.14 bits per heavy atom. The highest BCUT2D eigenvalue weighted by atomic mass is 32.2. The lowest BCUT2D eigenvalue weighted by Crippen LogP contribution is -2.71. The van der Waals surface area contributed by atoms with Gasteiger partial charge in [0.05, 0.1) is 11.9 Å². The molecule has 0 radical (unpaired) electrons. The molecule has 1 fully saturated rings. The summed E-state index contributed by atoms with van der Waals surface area (Å²) in [5.41, 5.74) is 5.74. The topological polar surface area (TPSA) is 235 Å². The first-order chi connectivity index (χ1) is 20.0. The number of thiazole rings is 1. The van der Waals surface area contributed by atoms with Crippen molar-refractivity contribution in [3.05, 3.63) is 56.2 Å². The van der Waals surface area contributed by atoms with Gasteiger partial charge in [0, 0.05) is 23.0 Å². The second-order valence-corrected chi connectivity index (χ2v) is 12.7. The van der Waals surface area contributed by atoms with Gasteiger partial charge in [-0.25, -0.2) is 9.78 Å². The van der Waals surface area contributed by atoms with Crippen molar-refractivity contribution >= 4 is 75.0 Å². The summed E-state index contributed by atoms with van der Waals surface area (Å²) >= 11 is 4.94. The van der Waals surface area contributed by atoms with Crippen molar-refractivity contribution in [1.82, 2.24) is 29.5 Å². The predicted molar refractivity (Wildman–Crippen MR) is 152 cm³/mol. The van der Waals surface area contributed by atoms with Crippen LogP contribution in [0, 0.1) is 6.92 Å². The molecule has 220 valence electrons. The number of nitrogens with two attached hydrogens (primary N) is 1. The highest BCUT2D eigenvalue weighted by molar-refractivity contribution is 8.02. The molecule has 2 amide bonds. The number of carboxylic acid groups (broad SMARTS) is 1. The number of aliphatic carboxylic acids is 1. The van der Waals surface area contributed by atoms with E-state index in [0.29, 0.717) is 21.8 Å². The number of rotatable bonds is 10. The Kier molecular flexibility index (Phi) is 8.38. The summed E-state index contributed by atoms with van der Waals surface area (Å²) in [6, 6.07) is -0.136. The van der Waals surface area contributed by atoms with Gasteiger partial charge in [0.2, 0.25) is 5.43 Å². The molecule has 20 heteroatoms. The molecule has 0 unspecified atom stereocenters. The van der Waals surface area contributed by atoms with Crippen LogP contribution in [0.25, 0.3) is 0 Å². The lowest BCUT2D eigenvalue weighted by Gasteiger charge is -2.49. The van der Waals surface area contributed by atoms with E-state index >= 15 is 0 Å². The van der Waals surface area contributed by atoms with E-state index in [1.165, 1.54) is 40.4 Å². The Hall–Kier alpha value is -4.14. The van der Waals surface area contributed by atoms with Crippen molar-refractivity contribution in [2.75, 3.05) is 17.2 Å². The number of carboxylic acids is 1. The third-order valence-corrected chi connectivity index (χ3v) is 10.2. The number of aromatic nitrogens is 4. The molecular formula is C22H20N8O8S4. The smallest absolute Gasteiger partial charge is 0.352 e. The number of carbonyl (C=O) groups is 3. The second-order valence-electron chi connectivity index (χ2n) is 8.70. The number of hydrogen-bond donors (Lipinski definition) is 5. The summed E-state index contributed by atoms with van der Waals surface area (Å²) in [6.45, 7) is 1.33. The third-order valence-electron chi connectivity index (χ3n) is 5.96. The molecule has 2 aliphatic rings. The highest BCUT2D eigenvalue weighted by Gasteiger charge is 2.54. The Bertz CT molecular complexity index is 1700. The van der Waals surface area contributed by atoms with Gasteiger partial charge in [0.25, 0.3) is 11.8 Å². The summed E-state index contributed by atoms with van der Waals surface area (Å²) in [4.78, 5) is 60.6. The molecule has 6 N–H and O–H groups in total. The minimum absolute atomic E-state index is 0.0419. The first-order valence-electron chi connectivity index (χ1n) is 11.7. The Labute approximate surface area is 252 Å². The number of thioether (sulfide) groups is 2. The number of fused-ring (bicyclic) bond motifs is 1. The minimum atomic E-state index is -1.25. The van der Waals surface area contributed by atoms with Crippen LogP contribution in [0.5, 0.6) is 5.75 Å². The number of aromatic hydroxyl groups is 1. The van der Waals surface area contributed by atoms with Crippen molar-refractivity contribution in [2.45, 2.75) is 29.2 Å². The molecule has 3 aromatic heterocycles. The van der Waals surface area contributed by atoms with Crippen LogP contribution in [0.2, 0.25) is 0 Å². The van der Waals surface area contributed by atoms with Gasteiger partial charge >= 0.3 is 5.97 Å². The summed E-state index contributed by atoms with van der Waals surface area (Å²) in [5, 5.41) is 40.4. The van der Waals surface area contributed by atoms with Crippen LogP contribution in [-0.4, -0.2) is 86.0 Å². The number of carbonyl (C=O) groups excluding carboxylic acids is 2. The number of amides is 2. The molecule has 16 nitrogen and oxygen atoms in total. The molecule has 5 rings (SSSR count). The van der Waals surface area contributed by atoms with Crippen LogP contribution in [0.4, 0.5) is 5.13 Å². The molecule has 1 saturated heterocycles. The maximum Gasteiger partial charge on any atom is 0.352 e. The van der Waals surface area contributed by atoms with Crippen LogP contribution >= 0.6 is 46.4 Å². The normalized spacial score (nSPS) is 18.5. The maximum absolute atomic E-state index is 13.3.